The molecule has 1 unspecified atom stereocenters. The number of pyridine rings is 1. The molecule has 0 radical (unpaired) electrons. The maximum atomic E-state index is 12.0. The number of aromatic nitrogens is 3. The Balaban J connectivity index is 1.46. The molecule has 0 saturated carbocycles. The number of benzene rings is 1. The number of rotatable bonds is 9. The van der Waals surface area contributed by atoms with Crippen molar-refractivity contribution in [1.29, 1.82) is 0 Å². The topological polar surface area (TPSA) is 116 Å². The van der Waals surface area contributed by atoms with Crippen LogP contribution in [-0.4, -0.2) is 97.7 Å². The first kappa shape index (κ1) is 27.5. The third-order valence-electron chi connectivity index (χ3n) is 7.76. The summed E-state index contributed by atoms with van der Waals surface area (Å²) >= 11 is 0. The van der Waals surface area contributed by atoms with Crippen LogP contribution in [0.2, 0.25) is 0 Å². The number of aryl methyl sites for hydroxylation is 1. The molecule has 12 nitrogen and oxygen atoms in total. The minimum atomic E-state index is -0.377. The lowest BCUT2D eigenvalue weighted by Crippen LogP contribution is -2.35. The molecule has 40 heavy (non-hydrogen) atoms. The van der Waals surface area contributed by atoms with E-state index in [1.807, 2.05) is 50.0 Å². The number of hydrogen-bond donors (Lipinski definition) is 1. The molecular weight excluding hydrogens is 510 g/mol. The van der Waals surface area contributed by atoms with E-state index in [1.165, 1.54) is 6.07 Å². The van der Waals surface area contributed by atoms with Gasteiger partial charge in [0.1, 0.15) is 17.3 Å². The fraction of sp³-hybridized carbons (Fsp3) is 0.464. The zero-order valence-electron chi connectivity index (χ0n) is 24.0. The second-order valence-electron chi connectivity index (χ2n) is 11.1. The predicted octanol–water partition coefficient (Wildman–Crippen LogP) is 3.56. The van der Waals surface area contributed by atoms with E-state index in [4.69, 9.17) is 14.7 Å². The van der Waals surface area contributed by atoms with Crippen molar-refractivity contribution < 1.29 is 9.66 Å². The first-order valence-electron chi connectivity index (χ1n) is 13.4. The van der Waals surface area contributed by atoms with Crippen molar-refractivity contribution >= 4 is 34.5 Å². The minimum absolute atomic E-state index is 0.0251. The number of likely N-dealkylation sites (tertiary alicyclic amines) is 1. The highest BCUT2D eigenvalue weighted by Crippen LogP contribution is 2.47. The van der Waals surface area contributed by atoms with Crippen LogP contribution in [0.1, 0.15) is 17.8 Å². The summed E-state index contributed by atoms with van der Waals surface area (Å²) < 4.78 is 5.63. The Morgan fingerprint density at radius 3 is 2.62 bits per heavy atom. The fourth-order valence-corrected chi connectivity index (χ4v) is 5.65. The number of nitro benzene ring substituents is 1. The molecule has 4 heterocycles. The standard InChI is InChI=1S/C28H37N9O3/c1-19-7-8-21-26(30-19)28(10-12-34(4)17-28)18-36(21)25-9-11-29-27(32-25)31-20-15-23(37(38)39)22(16-24(20)40-6)35(5)14-13-33(2)3/h7-9,11,15-16H,10,12-14,17-18H2,1-6H3,(H,29,31,32). The summed E-state index contributed by atoms with van der Waals surface area (Å²) in [5, 5.41) is 15.2. The summed E-state index contributed by atoms with van der Waals surface area (Å²) in [6.07, 6.45) is 2.73. The third kappa shape index (κ3) is 5.24. The molecule has 1 aromatic carbocycles. The average Bonchev–Trinajstić information content (AvgIpc) is 3.46. The molecule has 1 fully saturated rings. The molecule has 12 heteroatoms. The van der Waals surface area contributed by atoms with Crippen molar-refractivity contribution in [3.63, 3.8) is 0 Å². The Labute approximate surface area is 234 Å². The molecule has 1 atom stereocenters. The Hall–Kier alpha value is -4.03. The van der Waals surface area contributed by atoms with E-state index < -0.39 is 0 Å². The van der Waals surface area contributed by atoms with Crippen molar-refractivity contribution in [2.45, 2.75) is 18.8 Å². The van der Waals surface area contributed by atoms with Gasteiger partial charge in [-0.2, -0.15) is 4.98 Å². The number of fused-ring (bicyclic) bond motifs is 2. The minimum Gasteiger partial charge on any atom is -0.494 e. The Morgan fingerprint density at radius 2 is 1.95 bits per heavy atom. The molecular formula is C28H37N9O3. The summed E-state index contributed by atoms with van der Waals surface area (Å²) in [5.41, 5.74) is 4.01. The molecule has 2 aliphatic rings. The fourth-order valence-electron chi connectivity index (χ4n) is 5.65. The zero-order chi connectivity index (χ0) is 28.6. The molecule has 1 spiro atoms. The summed E-state index contributed by atoms with van der Waals surface area (Å²) in [6, 6.07) is 9.21. The quantitative estimate of drug-likeness (QED) is 0.313. The number of methoxy groups -OCH3 is 1. The van der Waals surface area contributed by atoms with Crippen LogP contribution in [0.3, 0.4) is 0 Å². The highest BCUT2D eigenvalue weighted by atomic mass is 16.6. The molecule has 0 aliphatic carbocycles. The van der Waals surface area contributed by atoms with Crippen LogP contribution < -0.4 is 19.9 Å². The van der Waals surface area contributed by atoms with E-state index >= 15 is 0 Å². The van der Waals surface area contributed by atoms with Gasteiger partial charge in [-0.05, 0) is 59.2 Å². The van der Waals surface area contributed by atoms with Crippen molar-refractivity contribution in [2.24, 2.45) is 0 Å². The number of anilines is 5. The highest BCUT2D eigenvalue weighted by molar-refractivity contribution is 5.77. The van der Waals surface area contributed by atoms with E-state index in [0.29, 0.717) is 29.6 Å². The van der Waals surface area contributed by atoms with Gasteiger partial charge in [-0.15, -0.1) is 0 Å². The zero-order valence-corrected chi connectivity index (χ0v) is 24.0. The molecule has 3 aromatic rings. The summed E-state index contributed by atoms with van der Waals surface area (Å²) in [4.78, 5) is 34.3. The smallest absolute Gasteiger partial charge is 0.294 e. The number of nitrogens with one attached hydrogen (secondary N) is 1. The van der Waals surface area contributed by atoms with Crippen LogP contribution in [0.25, 0.3) is 0 Å². The SMILES string of the molecule is COc1cc(N(C)CCN(C)C)c([N+](=O)[O-])cc1Nc1nccc(N2CC3(CCN(C)C3)c3nc(C)ccc32)n1. The Bertz CT molecular complexity index is 1420. The van der Waals surface area contributed by atoms with E-state index in [0.717, 1.165) is 55.5 Å². The number of likely N-dealkylation sites (N-methyl/N-ethyl adjacent to an activating group) is 3. The molecule has 0 amide bonds. The van der Waals surface area contributed by atoms with Gasteiger partial charge in [0.25, 0.3) is 5.69 Å². The van der Waals surface area contributed by atoms with Crippen molar-refractivity contribution in [3.05, 3.63) is 58.0 Å². The van der Waals surface area contributed by atoms with Crippen molar-refractivity contribution in [2.75, 3.05) is 83.1 Å². The van der Waals surface area contributed by atoms with E-state index in [9.17, 15) is 10.1 Å². The van der Waals surface area contributed by atoms with Gasteiger partial charge in [-0.1, -0.05) is 0 Å². The largest absolute Gasteiger partial charge is 0.494 e. The van der Waals surface area contributed by atoms with Crippen molar-refractivity contribution in [1.82, 2.24) is 24.8 Å². The van der Waals surface area contributed by atoms with Crippen LogP contribution in [0.15, 0.2) is 36.5 Å². The van der Waals surface area contributed by atoms with Crippen molar-refractivity contribution in [3.8, 4) is 5.75 Å². The molecule has 1 saturated heterocycles. The van der Waals surface area contributed by atoms with E-state index in [1.54, 1.807) is 19.4 Å². The van der Waals surface area contributed by atoms with Crippen LogP contribution in [0.4, 0.5) is 34.5 Å². The summed E-state index contributed by atoms with van der Waals surface area (Å²) in [6.45, 7) is 6.15. The average molecular weight is 548 g/mol. The third-order valence-corrected chi connectivity index (χ3v) is 7.76. The van der Waals surface area contributed by atoms with Gasteiger partial charge >= 0.3 is 0 Å². The summed E-state index contributed by atoms with van der Waals surface area (Å²) in [5.74, 6) is 1.53. The second-order valence-corrected chi connectivity index (χ2v) is 11.1. The van der Waals surface area contributed by atoms with Gasteiger partial charge in [-0.25, -0.2) is 4.98 Å². The number of ether oxygens (including phenoxy) is 1. The molecule has 1 N–H and O–H groups in total. The second kappa shape index (κ2) is 10.9. The highest BCUT2D eigenvalue weighted by Gasteiger charge is 2.48. The predicted molar refractivity (Wildman–Crippen MR) is 157 cm³/mol. The Kier molecular flexibility index (Phi) is 7.47. The van der Waals surface area contributed by atoms with Crippen LogP contribution in [-0.2, 0) is 5.41 Å². The lowest BCUT2D eigenvalue weighted by Gasteiger charge is -2.25. The van der Waals surface area contributed by atoms with E-state index in [-0.39, 0.29) is 16.0 Å². The van der Waals surface area contributed by atoms with Gasteiger partial charge in [-0.3, -0.25) is 15.1 Å². The maximum Gasteiger partial charge on any atom is 0.294 e. The lowest BCUT2D eigenvalue weighted by molar-refractivity contribution is -0.384. The first-order valence-corrected chi connectivity index (χ1v) is 13.4. The van der Waals surface area contributed by atoms with Crippen LogP contribution in [0.5, 0.6) is 5.75 Å². The molecule has 2 aliphatic heterocycles. The number of nitrogens with zero attached hydrogens (tertiary/aromatic N) is 8. The number of hydrogen-bond acceptors (Lipinski definition) is 11. The van der Waals surface area contributed by atoms with Gasteiger partial charge < -0.3 is 29.7 Å². The molecule has 212 valence electrons. The maximum absolute atomic E-state index is 12.0. The van der Waals surface area contributed by atoms with Gasteiger partial charge in [0.05, 0.1) is 29.1 Å². The Morgan fingerprint density at radius 1 is 1.15 bits per heavy atom. The van der Waals surface area contributed by atoms with Crippen LogP contribution >= 0.6 is 0 Å². The molecule has 2 aromatic heterocycles. The lowest BCUT2D eigenvalue weighted by atomic mass is 9.85. The van der Waals surface area contributed by atoms with Crippen LogP contribution in [0, 0.1) is 17.0 Å². The molecule has 5 rings (SSSR count). The normalized spacial score (nSPS) is 18.4. The van der Waals surface area contributed by atoms with Gasteiger partial charge in [0.15, 0.2) is 0 Å². The van der Waals surface area contributed by atoms with Gasteiger partial charge in [0.2, 0.25) is 5.95 Å². The first-order chi connectivity index (χ1) is 19.1. The molecule has 0 bridgehead atoms. The monoisotopic (exact) mass is 547 g/mol. The van der Waals surface area contributed by atoms with Gasteiger partial charge in [0, 0.05) is 62.7 Å². The van der Waals surface area contributed by atoms with E-state index in [2.05, 4.69) is 33.2 Å². The summed E-state index contributed by atoms with van der Waals surface area (Å²) in [7, 11) is 9.46. The number of nitro groups is 1.